The van der Waals surface area contributed by atoms with Crippen LogP contribution in [0.2, 0.25) is 0 Å². The number of rotatable bonds is 4. The zero-order valence-corrected chi connectivity index (χ0v) is 18.7. The van der Waals surface area contributed by atoms with E-state index in [-0.39, 0.29) is 23.9 Å². The van der Waals surface area contributed by atoms with E-state index >= 15 is 0 Å². The number of likely N-dealkylation sites (tertiary alicyclic amines) is 1. The zero-order chi connectivity index (χ0) is 21.9. The smallest absolute Gasteiger partial charge is 0.254 e. The third kappa shape index (κ3) is 4.31. The predicted octanol–water partition coefficient (Wildman–Crippen LogP) is 3.80. The fourth-order valence-corrected chi connectivity index (χ4v) is 5.88. The lowest BCUT2D eigenvalue weighted by atomic mass is 9.84. The Morgan fingerprint density at radius 2 is 1.47 bits per heavy atom. The van der Waals surface area contributed by atoms with Crippen molar-refractivity contribution in [2.24, 2.45) is 5.92 Å². The van der Waals surface area contributed by atoms with E-state index < -0.39 is 0 Å². The Morgan fingerprint density at radius 1 is 0.812 bits per heavy atom. The molecule has 2 aromatic carbocycles. The fraction of sp³-hybridized carbons (Fsp3) is 0.481. The van der Waals surface area contributed by atoms with Gasteiger partial charge in [-0.05, 0) is 42.9 Å². The highest BCUT2D eigenvalue weighted by Gasteiger charge is 2.48. The van der Waals surface area contributed by atoms with Crippen molar-refractivity contribution in [2.45, 2.75) is 50.7 Å². The summed E-state index contributed by atoms with van der Waals surface area (Å²) in [4.78, 5) is 33.6. The topological polar surface area (TPSA) is 43.9 Å². The molecule has 3 unspecified atom stereocenters. The first-order chi connectivity index (χ1) is 15.7. The van der Waals surface area contributed by atoms with E-state index in [1.54, 1.807) is 0 Å². The Bertz CT molecular complexity index is 924. The number of amides is 2. The Labute approximate surface area is 191 Å². The number of piperazine rings is 1. The summed E-state index contributed by atoms with van der Waals surface area (Å²) in [7, 11) is 0. The Kier molecular flexibility index (Phi) is 6.26. The molecule has 32 heavy (non-hydrogen) atoms. The zero-order valence-electron chi connectivity index (χ0n) is 18.7. The van der Waals surface area contributed by atoms with Gasteiger partial charge in [0.2, 0.25) is 5.91 Å². The highest BCUT2D eigenvalue weighted by Crippen LogP contribution is 2.41. The summed E-state index contributed by atoms with van der Waals surface area (Å²) < 4.78 is 0. The van der Waals surface area contributed by atoms with Crippen LogP contribution in [0.4, 0.5) is 0 Å². The minimum absolute atomic E-state index is 0.0288. The van der Waals surface area contributed by atoms with Gasteiger partial charge < -0.3 is 9.80 Å². The van der Waals surface area contributed by atoms with Crippen molar-refractivity contribution in [1.82, 2.24) is 14.7 Å². The Balaban J connectivity index is 1.28. The first-order valence-electron chi connectivity index (χ1n) is 12.1. The van der Waals surface area contributed by atoms with Crippen molar-refractivity contribution in [3.8, 4) is 0 Å². The van der Waals surface area contributed by atoms with Crippen molar-refractivity contribution in [3.63, 3.8) is 0 Å². The van der Waals surface area contributed by atoms with E-state index in [1.807, 2.05) is 46.2 Å². The lowest BCUT2D eigenvalue weighted by molar-refractivity contribution is -0.137. The largest absolute Gasteiger partial charge is 0.338 e. The van der Waals surface area contributed by atoms with E-state index in [0.29, 0.717) is 11.5 Å². The number of carbonyl (C=O) groups is 2. The van der Waals surface area contributed by atoms with E-state index in [9.17, 15) is 9.59 Å². The molecule has 3 aliphatic rings. The van der Waals surface area contributed by atoms with Crippen molar-refractivity contribution < 1.29 is 9.59 Å². The average molecular weight is 432 g/mol. The van der Waals surface area contributed by atoms with Crippen LogP contribution < -0.4 is 0 Å². The predicted molar refractivity (Wildman–Crippen MR) is 125 cm³/mol. The maximum Gasteiger partial charge on any atom is 0.254 e. The first-order valence-corrected chi connectivity index (χ1v) is 12.1. The van der Waals surface area contributed by atoms with Gasteiger partial charge in [0, 0.05) is 44.3 Å². The molecular weight excluding hydrogens is 398 g/mol. The molecule has 2 heterocycles. The third-order valence-electron chi connectivity index (χ3n) is 7.56. The van der Waals surface area contributed by atoms with Crippen molar-refractivity contribution in [3.05, 3.63) is 71.8 Å². The first kappa shape index (κ1) is 21.2. The van der Waals surface area contributed by atoms with Gasteiger partial charge in [0.1, 0.15) is 6.04 Å². The molecule has 2 saturated heterocycles. The van der Waals surface area contributed by atoms with Crippen molar-refractivity contribution in [1.29, 1.82) is 0 Å². The lowest BCUT2D eigenvalue weighted by Gasteiger charge is -2.38. The second-order valence-electron chi connectivity index (χ2n) is 9.53. The van der Waals surface area contributed by atoms with Gasteiger partial charge in [-0.25, -0.2) is 0 Å². The number of fused-ring (bicyclic) bond motifs is 1. The minimum Gasteiger partial charge on any atom is -0.338 e. The monoisotopic (exact) mass is 431 g/mol. The Morgan fingerprint density at radius 3 is 2.19 bits per heavy atom. The molecule has 3 atom stereocenters. The normalized spacial score (nSPS) is 26.1. The van der Waals surface area contributed by atoms with Crippen molar-refractivity contribution in [2.75, 3.05) is 26.2 Å². The maximum atomic E-state index is 13.7. The summed E-state index contributed by atoms with van der Waals surface area (Å²) >= 11 is 0. The number of hydrogen-bond donors (Lipinski definition) is 0. The molecule has 168 valence electrons. The second-order valence-corrected chi connectivity index (χ2v) is 9.53. The molecule has 0 bridgehead atoms. The van der Waals surface area contributed by atoms with Gasteiger partial charge in [-0.3, -0.25) is 14.5 Å². The summed E-state index contributed by atoms with van der Waals surface area (Å²) in [5.41, 5.74) is 2.01. The molecule has 2 aromatic rings. The van der Waals surface area contributed by atoms with E-state index in [1.165, 1.54) is 12.0 Å². The van der Waals surface area contributed by atoms with Crippen LogP contribution in [0.1, 0.15) is 48.0 Å². The maximum absolute atomic E-state index is 13.7. The van der Waals surface area contributed by atoms with Crippen LogP contribution in [0.15, 0.2) is 60.7 Å². The number of benzene rings is 2. The van der Waals surface area contributed by atoms with Gasteiger partial charge in [0.05, 0.1) is 0 Å². The molecule has 2 aliphatic heterocycles. The molecule has 3 fully saturated rings. The molecule has 0 radical (unpaired) electrons. The average Bonchev–Trinajstić information content (AvgIpc) is 3.24. The van der Waals surface area contributed by atoms with Crippen LogP contribution in [-0.4, -0.2) is 64.8 Å². The summed E-state index contributed by atoms with van der Waals surface area (Å²) in [6, 6.07) is 19.9. The third-order valence-corrected chi connectivity index (χ3v) is 7.56. The summed E-state index contributed by atoms with van der Waals surface area (Å²) in [5, 5.41) is 0. The van der Waals surface area contributed by atoms with Gasteiger partial charge in [0.15, 0.2) is 0 Å². The van der Waals surface area contributed by atoms with E-state index in [4.69, 9.17) is 0 Å². The molecule has 0 N–H and O–H groups in total. The number of hydrogen-bond acceptors (Lipinski definition) is 3. The van der Waals surface area contributed by atoms with Crippen molar-refractivity contribution >= 4 is 11.8 Å². The second kappa shape index (κ2) is 9.45. The van der Waals surface area contributed by atoms with Gasteiger partial charge >= 0.3 is 0 Å². The van der Waals surface area contributed by atoms with Crippen LogP contribution in [0, 0.1) is 5.92 Å². The van der Waals surface area contributed by atoms with E-state index in [0.717, 1.165) is 58.4 Å². The number of nitrogens with zero attached hydrogens (tertiary/aromatic N) is 3. The number of carbonyl (C=O) groups excluding carboxylic acids is 2. The lowest BCUT2D eigenvalue weighted by Crippen LogP contribution is -2.55. The highest BCUT2D eigenvalue weighted by atomic mass is 16.2. The molecule has 2 amide bonds. The van der Waals surface area contributed by atoms with Crippen LogP contribution in [-0.2, 0) is 11.3 Å². The van der Waals surface area contributed by atoms with Crippen LogP contribution in [0.25, 0.3) is 0 Å². The van der Waals surface area contributed by atoms with Crippen LogP contribution in [0.3, 0.4) is 0 Å². The SMILES string of the molecule is O=C(C1CC2CCCCC2N1C(=O)c1ccccc1)N1CCN(Cc2ccccc2)CC1. The molecular formula is C27H33N3O2. The van der Waals surface area contributed by atoms with Crippen LogP contribution in [0.5, 0.6) is 0 Å². The van der Waals surface area contributed by atoms with Crippen LogP contribution >= 0.6 is 0 Å². The van der Waals surface area contributed by atoms with Gasteiger partial charge in [0.25, 0.3) is 5.91 Å². The fourth-order valence-electron chi connectivity index (χ4n) is 5.88. The molecule has 0 spiro atoms. The molecule has 0 aromatic heterocycles. The molecule has 1 aliphatic carbocycles. The Hall–Kier alpha value is -2.66. The minimum atomic E-state index is -0.309. The quantitative estimate of drug-likeness (QED) is 0.740. The van der Waals surface area contributed by atoms with Gasteiger partial charge in [-0.2, -0.15) is 0 Å². The summed E-state index contributed by atoms with van der Waals surface area (Å²) in [6.45, 7) is 4.17. The summed E-state index contributed by atoms with van der Waals surface area (Å²) in [5.74, 6) is 0.647. The molecule has 1 saturated carbocycles. The molecule has 5 rings (SSSR count). The molecule has 5 nitrogen and oxygen atoms in total. The molecule has 5 heteroatoms. The van der Waals surface area contributed by atoms with Gasteiger partial charge in [-0.15, -0.1) is 0 Å². The summed E-state index contributed by atoms with van der Waals surface area (Å²) in [6.07, 6.45) is 5.36. The van der Waals surface area contributed by atoms with Gasteiger partial charge in [-0.1, -0.05) is 61.4 Å². The highest BCUT2D eigenvalue weighted by molar-refractivity contribution is 5.98. The standard InChI is InChI=1S/C27H33N3O2/c31-26(22-11-5-2-6-12-22)30-24-14-8-7-13-23(24)19-25(30)27(32)29-17-15-28(16-18-29)20-21-9-3-1-4-10-21/h1-6,9-12,23-25H,7-8,13-20H2. The van der Waals surface area contributed by atoms with E-state index in [2.05, 4.69) is 29.2 Å².